The average molecular weight is 257 g/mol. The molecule has 0 radical (unpaired) electrons. The molecule has 1 aliphatic heterocycles. The lowest BCUT2D eigenvalue weighted by Crippen LogP contribution is -2.46. The average Bonchev–Trinajstić information content (AvgIpc) is 2.96. The lowest BCUT2D eigenvalue weighted by molar-refractivity contribution is -0.140. The zero-order valence-electron chi connectivity index (χ0n) is 8.83. The highest BCUT2D eigenvalue weighted by Crippen LogP contribution is 2.20. The molecule has 1 aromatic rings. The van der Waals surface area contributed by atoms with Crippen molar-refractivity contribution >= 4 is 23.8 Å². The Kier molecular flexibility index (Phi) is 3.52. The Labute approximate surface area is 101 Å². The molecule has 0 spiro atoms. The first-order valence-corrected chi connectivity index (χ1v) is 6.08. The predicted molar refractivity (Wildman–Crippen MR) is 59.3 cm³/mol. The summed E-state index contributed by atoms with van der Waals surface area (Å²) in [7, 11) is 0. The molecule has 8 heteroatoms. The van der Waals surface area contributed by atoms with Gasteiger partial charge in [-0.15, -0.1) is 11.8 Å². The molecule has 1 unspecified atom stereocenters. The van der Waals surface area contributed by atoms with Crippen molar-refractivity contribution in [3.05, 3.63) is 18.0 Å². The number of rotatable bonds is 3. The normalized spacial score (nSPS) is 19.3. The number of hydrogen-bond donors (Lipinski definition) is 2. The van der Waals surface area contributed by atoms with Gasteiger partial charge in [-0.1, -0.05) is 5.16 Å². The van der Waals surface area contributed by atoms with Crippen molar-refractivity contribution in [3.63, 3.8) is 0 Å². The number of carboxylic acids is 1. The van der Waals surface area contributed by atoms with Crippen LogP contribution in [0.5, 0.6) is 0 Å². The van der Waals surface area contributed by atoms with Crippen molar-refractivity contribution in [1.29, 1.82) is 0 Å². The van der Waals surface area contributed by atoms with Gasteiger partial charge < -0.3 is 19.8 Å². The Balaban J connectivity index is 1.89. The van der Waals surface area contributed by atoms with Gasteiger partial charge in [-0.05, 0) is 0 Å². The Morgan fingerprint density at radius 2 is 2.53 bits per heavy atom. The third kappa shape index (κ3) is 2.70. The summed E-state index contributed by atoms with van der Waals surface area (Å²) in [5, 5.41) is 15.2. The van der Waals surface area contributed by atoms with E-state index in [9.17, 15) is 9.59 Å². The Morgan fingerprint density at radius 3 is 3.18 bits per heavy atom. The number of carbonyl (C=O) groups is 2. The molecule has 1 atom stereocenters. The van der Waals surface area contributed by atoms with Crippen molar-refractivity contribution in [2.45, 2.75) is 12.6 Å². The molecule has 2 amide bonds. The van der Waals surface area contributed by atoms with E-state index in [-0.39, 0.29) is 6.54 Å². The molecule has 0 aromatic carbocycles. The summed E-state index contributed by atoms with van der Waals surface area (Å²) in [5.41, 5.74) is 0.595. The molecule has 1 fully saturated rings. The lowest BCUT2D eigenvalue weighted by atomic mass is 10.3. The van der Waals surface area contributed by atoms with E-state index in [4.69, 9.17) is 5.11 Å². The summed E-state index contributed by atoms with van der Waals surface area (Å²) in [6.45, 7) is 0.225. The Hall–Kier alpha value is -1.70. The molecule has 1 saturated heterocycles. The molecule has 0 bridgehead atoms. The number of carboxylic acid groups (broad SMARTS) is 1. The fourth-order valence-electron chi connectivity index (χ4n) is 1.44. The van der Waals surface area contributed by atoms with Crippen LogP contribution in [0.15, 0.2) is 16.9 Å². The second-order valence-corrected chi connectivity index (χ2v) is 4.47. The number of thioether (sulfide) groups is 1. The number of urea groups is 1. The molecular weight excluding hydrogens is 246 g/mol. The highest BCUT2D eigenvalue weighted by atomic mass is 32.2. The molecule has 1 aliphatic rings. The summed E-state index contributed by atoms with van der Waals surface area (Å²) in [6, 6.07) is 0.482. The van der Waals surface area contributed by atoms with Crippen LogP contribution in [0.25, 0.3) is 0 Å². The van der Waals surface area contributed by atoms with Gasteiger partial charge in [0.2, 0.25) is 0 Å². The maximum absolute atomic E-state index is 11.7. The SMILES string of the molecule is O=C(O)C1CSCN1C(=O)NCc1ccon1. The van der Waals surface area contributed by atoms with E-state index in [1.807, 2.05) is 0 Å². The van der Waals surface area contributed by atoms with E-state index in [0.29, 0.717) is 17.3 Å². The van der Waals surface area contributed by atoms with Gasteiger partial charge in [0.25, 0.3) is 0 Å². The van der Waals surface area contributed by atoms with Crippen LogP contribution in [0.4, 0.5) is 4.79 Å². The topological polar surface area (TPSA) is 95.7 Å². The van der Waals surface area contributed by atoms with E-state index in [0.717, 1.165) is 0 Å². The number of amides is 2. The maximum atomic E-state index is 11.7. The first kappa shape index (κ1) is 11.8. The van der Waals surface area contributed by atoms with Crippen LogP contribution in [0.3, 0.4) is 0 Å². The first-order chi connectivity index (χ1) is 8.18. The largest absolute Gasteiger partial charge is 0.480 e. The van der Waals surface area contributed by atoms with E-state index in [2.05, 4.69) is 15.0 Å². The summed E-state index contributed by atoms with van der Waals surface area (Å²) in [5.74, 6) is -0.166. The van der Waals surface area contributed by atoms with Gasteiger partial charge >= 0.3 is 12.0 Å². The minimum absolute atomic E-state index is 0.225. The molecule has 92 valence electrons. The lowest BCUT2D eigenvalue weighted by Gasteiger charge is -2.20. The van der Waals surface area contributed by atoms with Gasteiger partial charge in [-0.3, -0.25) is 0 Å². The number of hydrogen-bond acceptors (Lipinski definition) is 5. The Morgan fingerprint density at radius 1 is 1.71 bits per heavy atom. The molecule has 0 saturated carbocycles. The van der Waals surface area contributed by atoms with Gasteiger partial charge in [0.1, 0.15) is 18.0 Å². The monoisotopic (exact) mass is 257 g/mol. The second-order valence-electron chi connectivity index (χ2n) is 3.47. The van der Waals surface area contributed by atoms with Crippen molar-refractivity contribution in [3.8, 4) is 0 Å². The smallest absolute Gasteiger partial charge is 0.327 e. The quantitative estimate of drug-likeness (QED) is 0.810. The van der Waals surface area contributed by atoms with Crippen LogP contribution in [0.1, 0.15) is 5.69 Å². The third-order valence-electron chi connectivity index (χ3n) is 2.34. The Bertz CT molecular complexity index is 408. The van der Waals surface area contributed by atoms with Gasteiger partial charge in [0.05, 0.1) is 12.4 Å². The molecule has 2 heterocycles. The number of aliphatic carboxylic acids is 1. The van der Waals surface area contributed by atoms with Crippen LogP contribution in [0.2, 0.25) is 0 Å². The van der Waals surface area contributed by atoms with Crippen molar-refractivity contribution < 1.29 is 19.2 Å². The van der Waals surface area contributed by atoms with E-state index < -0.39 is 18.0 Å². The summed E-state index contributed by atoms with van der Waals surface area (Å²) < 4.78 is 4.62. The maximum Gasteiger partial charge on any atom is 0.327 e. The molecule has 2 N–H and O–H groups in total. The predicted octanol–water partition coefficient (Wildman–Crippen LogP) is 0.344. The molecule has 1 aromatic heterocycles. The minimum Gasteiger partial charge on any atom is -0.480 e. The number of aromatic nitrogens is 1. The van der Waals surface area contributed by atoms with Crippen LogP contribution >= 0.6 is 11.8 Å². The van der Waals surface area contributed by atoms with Crippen molar-refractivity contribution in [1.82, 2.24) is 15.4 Å². The van der Waals surface area contributed by atoms with Crippen LogP contribution in [-0.2, 0) is 11.3 Å². The van der Waals surface area contributed by atoms with Gasteiger partial charge in [0.15, 0.2) is 0 Å². The van der Waals surface area contributed by atoms with Crippen LogP contribution in [-0.4, -0.2) is 44.8 Å². The fraction of sp³-hybridized carbons (Fsp3) is 0.444. The van der Waals surface area contributed by atoms with Gasteiger partial charge in [-0.25, -0.2) is 9.59 Å². The highest BCUT2D eigenvalue weighted by Gasteiger charge is 2.34. The highest BCUT2D eigenvalue weighted by molar-refractivity contribution is 7.99. The second kappa shape index (κ2) is 5.09. The number of carbonyl (C=O) groups excluding carboxylic acids is 1. The molecule has 2 rings (SSSR count). The number of nitrogens with zero attached hydrogens (tertiary/aromatic N) is 2. The zero-order chi connectivity index (χ0) is 12.3. The van der Waals surface area contributed by atoms with E-state index in [1.165, 1.54) is 22.9 Å². The number of nitrogens with one attached hydrogen (secondary N) is 1. The van der Waals surface area contributed by atoms with Gasteiger partial charge in [-0.2, -0.15) is 0 Å². The molecule has 17 heavy (non-hydrogen) atoms. The van der Waals surface area contributed by atoms with Crippen molar-refractivity contribution in [2.75, 3.05) is 11.6 Å². The summed E-state index contributed by atoms with van der Waals surface area (Å²) in [4.78, 5) is 23.9. The van der Waals surface area contributed by atoms with E-state index in [1.54, 1.807) is 6.07 Å². The molecular formula is C9H11N3O4S. The van der Waals surface area contributed by atoms with Crippen LogP contribution < -0.4 is 5.32 Å². The first-order valence-electron chi connectivity index (χ1n) is 4.93. The van der Waals surface area contributed by atoms with Gasteiger partial charge in [0, 0.05) is 11.8 Å². The molecule has 0 aliphatic carbocycles. The fourth-order valence-corrected chi connectivity index (χ4v) is 2.59. The zero-order valence-corrected chi connectivity index (χ0v) is 9.64. The summed E-state index contributed by atoms with van der Waals surface area (Å²) >= 11 is 1.42. The minimum atomic E-state index is -0.980. The van der Waals surface area contributed by atoms with Crippen LogP contribution in [0, 0.1) is 0 Å². The molecule has 7 nitrogen and oxygen atoms in total. The summed E-state index contributed by atoms with van der Waals surface area (Å²) in [6.07, 6.45) is 1.41. The van der Waals surface area contributed by atoms with Crippen molar-refractivity contribution in [2.24, 2.45) is 0 Å². The van der Waals surface area contributed by atoms with E-state index >= 15 is 0 Å². The third-order valence-corrected chi connectivity index (χ3v) is 3.35. The standard InChI is InChI=1S/C9H11N3O4S/c13-8(14)7-4-17-5-12(7)9(15)10-3-6-1-2-16-11-6/h1-2,7H,3-5H2,(H,10,15)(H,13,14).